The summed E-state index contributed by atoms with van der Waals surface area (Å²) in [4.78, 5) is 12.3. The van der Waals surface area contributed by atoms with Crippen LogP contribution in [0.3, 0.4) is 0 Å². The predicted molar refractivity (Wildman–Crippen MR) is 185 cm³/mol. The molecule has 0 heterocycles. The average Bonchev–Trinajstić information content (AvgIpc) is 3.00. The molecular formula is C38H71NO4. The van der Waals surface area contributed by atoms with Crippen LogP contribution in [0.2, 0.25) is 0 Å². The van der Waals surface area contributed by atoms with Crippen molar-refractivity contribution in [3.8, 4) is 0 Å². The van der Waals surface area contributed by atoms with E-state index in [2.05, 4.69) is 43.5 Å². The van der Waals surface area contributed by atoms with Crippen LogP contribution < -0.4 is 5.32 Å². The van der Waals surface area contributed by atoms with E-state index in [1.165, 1.54) is 103 Å². The number of hydrogen-bond donors (Lipinski definition) is 4. The van der Waals surface area contributed by atoms with Gasteiger partial charge in [-0.05, 0) is 38.5 Å². The normalized spacial score (nSPS) is 14.3. The molecule has 252 valence electrons. The number of allylic oxidation sites excluding steroid dienone is 5. The lowest BCUT2D eigenvalue weighted by atomic mass is 10.0. The van der Waals surface area contributed by atoms with Gasteiger partial charge in [0.05, 0.1) is 31.3 Å². The molecule has 0 aliphatic rings. The first-order valence-corrected chi connectivity index (χ1v) is 18.3. The Bertz CT molecular complexity index is 675. The number of aliphatic hydroxyl groups is 3. The van der Waals surface area contributed by atoms with Gasteiger partial charge >= 0.3 is 0 Å². The van der Waals surface area contributed by atoms with Crippen molar-refractivity contribution in [2.75, 3.05) is 6.61 Å². The van der Waals surface area contributed by atoms with E-state index in [4.69, 9.17) is 0 Å². The highest BCUT2D eigenvalue weighted by atomic mass is 16.3. The molecule has 5 heteroatoms. The van der Waals surface area contributed by atoms with Gasteiger partial charge in [0.2, 0.25) is 5.91 Å². The number of carbonyl (C=O) groups excluding carboxylic acids is 1. The first-order valence-electron chi connectivity index (χ1n) is 18.3. The van der Waals surface area contributed by atoms with Gasteiger partial charge in [-0.2, -0.15) is 0 Å². The Balaban J connectivity index is 3.70. The number of unbranched alkanes of at least 4 members (excludes halogenated alkanes) is 19. The summed E-state index contributed by atoms with van der Waals surface area (Å²) in [6.07, 6.45) is 40.0. The second-order valence-electron chi connectivity index (χ2n) is 12.4. The van der Waals surface area contributed by atoms with Gasteiger partial charge in [-0.1, -0.05) is 166 Å². The van der Waals surface area contributed by atoms with E-state index in [-0.39, 0.29) is 18.9 Å². The molecule has 0 aromatic heterocycles. The van der Waals surface area contributed by atoms with Crippen molar-refractivity contribution in [1.82, 2.24) is 5.32 Å². The monoisotopic (exact) mass is 606 g/mol. The number of nitrogens with one attached hydrogen (secondary N) is 1. The zero-order chi connectivity index (χ0) is 31.6. The third-order valence-electron chi connectivity index (χ3n) is 8.17. The Morgan fingerprint density at radius 1 is 0.605 bits per heavy atom. The van der Waals surface area contributed by atoms with Gasteiger partial charge in [0, 0.05) is 0 Å². The summed E-state index contributed by atoms with van der Waals surface area (Å²) in [5.74, 6) is -0.332. The van der Waals surface area contributed by atoms with Gasteiger partial charge in [0.25, 0.3) is 0 Å². The fourth-order valence-corrected chi connectivity index (χ4v) is 5.38. The van der Waals surface area contributed by atoms with E-state index < -0.39 is 18.2 Å². The maximum Gasteiger partial charge on any atom is 0.222 e. The van der Waals surface area contributed by atoms with Crippen LogP contribution in [-0.2, 0) is 4.79 Å². The zero-order valence-electron chi connectivity index (χ0n) is 28.3. The van der Waals surface area contributed by atoms with Crippen LogP contribution in [0.5, 0.6) is 0 Å². The minimum Gasteiger partial charge on any atom is -0.394 e. The van der Waals surface area contributed by atoms with Crippen LogP contribution >= 0.6 is 0 Å². The first-order chi connectivity index (χ1) is 21.0. The number of rotatable bonds is 32. The van der Waals surface area contributed by atoms with Crippen molar-refractivity contribution < 1.29 is 20.1 Å². The summed E-state index contributed by atoms with van der Waals surface area (Å²) < 4.78 is 0. The summed E-state index contributed by atoms with van der Waals surface area (Å²) in [7, 11) is 0. The van der Waals surface area contributed by atoms with Crippen molar-refractivity contribution in [2.45, 2.75) is 193 Å². The molecule has 0 aliphatic carbocycles. The highest BCUT2D eigenvalue weighted by Crippen LogP contribution is 2.15. The highest BCUT2D eigenvalue weighted by molar-refractivity contribution is 5.76. The van der Waals surface area contributed by atoms with Crippen molar-refractivity contribution >= 4 is 5.91 Å². The summed E-state index contributed by atoms with van der Waals surface area (Å²) in [5, 5.41) is 32.9. The van der Waals surface area contributed by atoms with E-state index >= 15 is 0 Å². The molecule has 5 nitrogen and oxygen atoms in total. The molecule has 1 amide bonds. The Kier molecular flexibility index (Phi) is 32.3. The van der Waals surface area contributed by atoms with Crippen LogP contribution in [0.15, 0.2) is 36.5 Å². The maximum absolute atomic E-state index is 12.3. The standard InChI is InChI=1S/C38H71NO4/c1-3-5-7-9-11-13-15-16-17-18-19-20-21-22-23-25-27-29-31-35(41)33-38(43)39-36(34-40)37(42)32-30-28-26-24-14-12-10-8-6-4-2/h6,8,14,24,30,32,35-37,40-42H,3-5,7,9-13,15-23,25-29,31,33-34H2,1-2H3,(H,39,43)/b8-6+,24-14+,32-30+. The van der Waals surface area contributed by atoms with Gasteiger partial charge in [-0.3, -0.25) is 4.79 Å². The Hall–Kier alpha value is -1.43. The average molecular weight is 606 g/mol. The fraction of sp³-hybridized carbons (Fsp3) is 0.816. The predicted octanol–water partition coefficient (Wildman–Crippen LogP) is 9.65. The SMILES string of the molecule is CC/C=C/CC/C=C/CC/C=C/C(O)C(CO)NC(=O)CC(O)CCCCCCCCCCCCCCCCCCCC. The van der Waals surface area contributed by atoms with E-state index in [9.17, 15) is 20.1 Å². The molecule has 0 aromatic rings. The molecule has 0 radical (unpaired) electrons. The van der Waals surface area contributed by atoms with Crippen molar-refractivity contribution in [3.63, 3.8) is 0 Å². The van der Waals surface area contributed by atoms with Crippen molar-refractivity contribution in [2.24, 2.45) is 0 Å². The fourth-order valence-electron chi connectivity index (χ4n) is 5.38. The second kappa shape index (κ2) is 33.5. The van der Waals surface area contributed by atoms with Gasteiger partial charge < -0.3 is 20.6 Å². The lowest BCUT2D eigenvalue weighted by Gasteiger charge is -2.21. The quantitative estimate of drug-likeness (QED) is 0.0454. The topological polar surface area (TPSA) is 89.8 Å². The first kappa shape index (κ1) is 41.6. The molecule has 0 saturated carbocycles. The lowest BCUT2D eigenvalue weighted by Crippen LogP contribution is -2.45. The third-order valence-corrected chi connectivity index (χ3v) is 8.17. The summed E-state index contributed by atoms with van der Waals surface area (Å²) in [6.45, 7) is 4.06. The van der Waals surface area contributed by atoms with Crippen molar-refractivity contribution in [3.05, 3.63) is 36.5 Å². The van der Waals surface area contributed by atoms with Crippen LogP contribution in [0.25, 0.3) is 0 Å². The lowest BCUT2D eigenvalue weighted by molar-refractivity contribution is -0.124. The zero-order valence-corrected chi connectivity index (χ0v) is 28.3. The van der Waals surface area contributed by atoms with Gasteiger partial charge in [-0.25, -0.2) is 0 Å². The molecule has 0 fully saturated rings. The van der Waals surface area contributed by atoms with Crippen LogP contribution in [0.1, 0.15) is 174 Å². The molecule has 0 rings (SSSR count). The largest absolute Gasteiger partial charge is 0.394 e. The highest BCUT2D eigenvalue weighted by Gasteiger charge is 2.20. The number of carbonyl (C=O) groups is 1. The molecule has 0 aromatic carbocycles. The molecule has 43 heavy (non-hydrogen) atoms. The number of amides is 1. The molecule has 0 saturated heterocycles. The summed E-state index contributed by atoms with van der Waals surface area (Å²) in [5.41, 5.74) is 0. The van der Waals surface area contributed by atoms with Crippen LogP contribution in [0.4, 0.5) is 0 Å². The Morgan fingerprint density at radius 3 is 1.47 bits per heavy atom. The van der Waals surface area contributed by atoms with Crippen LogP contribution in [0, 0.1) is 0 Å². The second-order valence-corrected chi connectivity index (χ2v) is 12.4. The molecule has 0 aliphatic heterocycles. The number of hydrogen-bond acceptors (Lipinski definition) is 4. The summed E-state index contributed by atoms with van der Waals surface area (Å²) in [6, 6.07) is -0.762. The molecule has 3 atom stereocenters. The molecule has 4 N–H and O–H groups in total. The molecule has 0 bridgehead atoms. The third kappa shape index (κ3) is 30.4. The molecule has 0 spiro atoms. The van der Waals surface area contributed by atoms with E-state index in [0.29, 0.717) is 6.42 Å². The van der Waals surface area contributed by atoms with E-state index in [1.807, 2.05) is 6.08 Å². The Morgan fingerprint density at radius 2 is 1.02 bits per heavy atom. The smallest absolute Gasteiger partial charge is 0.222 e. The van der Waals surface area contributed by atoms with E-state index in [1.54, 1.807) is 6.08 Å². The number of aliphatic hydroxyl groups excluding tert-OH is 3. The minimum atomic E-state index is -0.954. The van der Waals surface area contributed by atoms with Gasteiger partial charge in [-0.15, -0.1) is 0 Å². The van der Waals surface area contributed by atoms with E-state index in [0.717, 1.165) is 44.9 Å². The maximum atomic E-state index is 12.3. The van der Waals surface area contributed by atoms with Gasteiger partial charge in [0.15, 0.2) is 0 Å². The minimum absolute atomic E-state index is 0.00410. The molecular weight excluding hydrogens is 534 g/mol. The van der Waals surface area contributed by atoms with Gasteiger partial charge in [0.1, 0.15) is 0 Å². The Labute approximate surface area is 266 Å². The summed E-state index contributed by atoms with van der Waals surface area (Å²) >= 11 is 0. The van der Waals surface area contributed by atoms with Crippen LogP contribution in [-0.4, -0.2) is 46.1 Å². The van der Waals surface area contributed by atoms with Crippen molar-refractivity contribution in [1.29, 1.82) is 0 Å². The molecule has 3 unspecified atom stereocenters.